The number of hydrogen-bond acceptors (Lipinski definition) is 2. The van der Waals surface area contributed by atoms with Crippen molar-refractivity contribution >= 4 is 0 Å². The van der Waals surface area contributed by atoms with Gasteiger partial charge in [-0.25, -0.2) is 0 Å². The SMILES string of the molecule is CCCC(c1cc(C(C)(C)C)c(O)cc1C)C1(C)C=C(C(C)(C)C)C(O)CC1C. The van der Waals surface area contributed by atoms with Crippen molar-refractivity contribution in [1.29, 1.82) is 0 Å². The third kappa shape index (κ3) is 4.74. The molecule has 2 nitrogen and oxygen atoms in total. The van der Waals surface area contributed by atoms with Crippen LogP contribution in [0.1, 0.15) is 104 Å². The molecule has 2 N–H and O–H groups in total. The predicted octanol–water partition coefficient (Wildman–Crippen LogP) is 7.26. The predicted molar refractivity (Wildman–Crippen MR) is 125 cm³/mol. The quantitative estimate of drug-likeness (QED) is 0.522. The van der Waals surface area contributed by atoms with E-state index in [0.29, 0.717) is 17.6 Å². The molecular weight excluding hydrogens is 356 g/mol. The molecule has 0 aromatic heterocycles. The molecule has 1 aromatic rings. The topological polar surface area (TPSA) is 40.5 Å². The first-order chi connectivity index (χ1) is 13.1. The molecule has 4 atom stereocenters. The average Bonchev–Trinajstić information content (AvgIpc) is 2.54. The zero-order valence-electron chi connectivity index (χ0n) is 20.5. The summed E-state index contributed by atoms with van der Waals surface area (Å²) in [5.74, 6) is 1.14. The highest BCUT2D eigenvalue weighted by Crippen LogP contribution is 2.54. The highest BCUT2D eigenvalue weighted by molar-refractivity contribution is 5.47. The number of phenols is 1. The van der Waals surface area contributed by atoms with E-state index in [0.717, 1.165) is 24.8 Å². The molecule has 2 rings (SSSR count). The van der Waals surface area contributed by atoms with Crippen LogP contribution in [0.15, 0.2) is 23.8 Å². The highest BCUT2D eigenvalue weighted by Gasteiger charge is 2.45. The number of hydrogen-bond donors (Lipinski definition) is 2. The third-order valence-corrected chi connectivity index (χ3v) is 7.23. The summed E-state index contributed by atoms with van der Waals surface area (Å²) in [4.78, 5) is 0. The van der Waals surface area contributed by atoms with Crippen LogP contribution in [0, 0.1) is 23.7 Å². The molecule has 0 aliphatic heterocycles. The Labute approximate surface area is 179 Å². The van der Waals surface area contributed by atoms with Crippen molar-refractivity contribution in [1.82, 2.24) is 0 Å². The van der Waals surface area contributed by atoms with Gasteiger partial charge < -0.3 is 10.2 Å². The van der Waals surface area contributed by atoms with Gasteiger partial charge in [0.15, 0.2) is 0 Å². The number of aliphatic hydroxyl groups excluding tert-OH is 1. The fourth-order valence-corrected chi connectivity index (χ4v) is 5.23. The molecule has 164 valence electrons. The minimum Gasteiger partial charge on any atom is -0.508 e. The van der Waals surface area contributed by atoms with Crippen molar-refractivity contribution in [3.63, 3.8) is 0 Å². The zero-order chi connectivity index (χ0) is 22.4. The summed E-state index contributed by atoms with van der Waals surface area (Å²) in [7, 11) is 0. The fraction of sp³-hybridized carbons (Fsp3) is 0.704. The molecule has 0 saturated heterocycles. The van der Waals surface area contributed by atoms with Crippen LogP contribution in [-0.4, -0.2) is 16.3 Å². The minimum absolute atomic E-state index is 0.0330. The molecule has 0 radical (unpaired) electrons. The Morgan fingerprint density at radius 2 is 1.69 bits per heavy atom. The lowest BCUT2D eigenvalue weighted by atomic mass is 9.57. The van der Waals surface area contributed by atoms with Crippen LogP contribution >= 0.6 is 0 Å². The molecule has 0 heterocycles. The molecule has 1 aromatic carbocycles. The van der Waals surface area contributed by atoms with E-state index in [9.17, 15) is 10.2 Å². The average molecular weight is 401 g/mol. The maximum atomic E-state index is 10.8. The van der Waals surface area contributed by atoms with Crippen molar-refractivity contribution in [2.45, 2.75) is 106 Å². The highest BCUT2D eigenvalue weighted by atomic mass is 16.3. The minimum atomic E-state index is -0.355. The number of benzene rings is 1. The van der Waals surface area contributed by atoms with Gasteiger partial charge >= 0.3 is 0 Å². The van der Waals surface area contributed by atoms with Gasteiger partial charge in [0, 0.05) is 0 Å². The van der Waals surface area contributed by atoms with Gasteiger partial charge in [-0.1, -0.05) is 80.9 Å². The standard InChI is InChI=1S/C27H44O2/c1-11-12-20(19-15-21(25(4,5)6)23(28)13-17(19)2)27(10)16-22(26(7,8)9)24(29)14-18(27)3/h13,15-16,18,20,24,28-29H,11-12,14H2,1-10H3. The van der Waals surface area contributed by atoms with E-state index in [1.54, 1.807) is 0 Å². The van der Waals surface area contributed by atoms with Gasteiger partial charge in [0.05, 0.1) is 6.10 Å². The summed E-state index contributed by atoms with van der Waals surface area (Å²) in [5.41, 5.74) is 4.53. The van der Waals surface area contributed by atoms with Gasteiger partial charge in [0.2, 0.25) is 0 Å². The Balaban J connectivity index is 2.72. The van der Waals surface area contributed by atoms with E-state index in [2.05, 4.69) is 81.4 Å². The first-order valence-electron chi connectivity index (χ1n) is 11.4. The normalized spacial score (nSPS) is 26.9. The summed E-state index contributed by atoms with van der Waals surface area (Å²) < 4.78 is 0. The Bertz CT molecular complexity index is 760. The number of rotatable bonds is 4. The van der Waals surface area contributed by atoms with E-state index in [1.807, 2.05) is 6.07 Å². The van der Waals surface area contributed by atoms with Gasteiger partial charge in [-0.3, -0.25) is 0 Å². The van der Waals surface area contributed by atoms with Gasteiger partial charge in [-0.2, -0.15) is 0 Å². The van der Waals surface area contributed by atoms with Crippen molar-refractivity contribution in [2.24, 2.45) is 16.7 Å². The van der Waals surface area contributed by atoms with Gasteiger partial charge in [0.1, 0.15) is 5.75 Å². The van der Waals surface area contributed by atoms with Crippen LogP contribution in [0.4, 0.5) is 0 Å². The molecule has 2 heteroatoms. The maximum absolute atomic E-state index is 10.8. The second-order valence-electron chi connectivity index (χ2n) is 11.7. The lowest BCUT2D eigenvalue weighted by Crippen LogP contribution is -2.41. The Kier molecular flexibility index (Phi) is 6.70. The van der Waals surface area contributed by atoms with E-state index in [-0.39, 0.29) is 22.3 Å². The lowest BCUT2D eigenvalue weighted by molar-refractivity contribution is 0.0842. The largest absolute Gasteiger partial charge is 0.508 e. The van der Waals surface area contributed by atoms with Crippen molar-refractivity contribution < 1.29 is 10.2 Å². The molecule has 29 heavy (non-hydrogen) atoms. The van der Waals surface area contributed by atoms with Crippen LogP contribution in [-0.2, 0) is 5.41 Å². The molecular formula is C27H44O2. The van der Waals surface area contributed by atoms with E-state index in [1.165, 1.54) is 16.7 Å². The van der Waals surface area contributed by atoms with Crippen LogP contribution in [0.3, 0.4) is 0 Å². The maximum Gasteiger partial charge on any atom is 0.119 e. The summed E-state index contributed by atoms with van der Waals surface area (Å²) in [6.07, 6.45) is 5.07. The Morgan fingerprint density at radius 3 is 2.17 bits per heavy atom. The fourth-order valence-electron chi connectivity index (χ4n) is 5.23. The van der Waals surface area contributed by atoms with E-state index >= 15 is 0 Å². The van der Waals surface area contributed by atoms with Crippen LogP contribution in [0.25, 0.3) is 0 Å². The molecule has 1 aliphatic rings. The van der Waals surface area contributed by atoms with Crippen molar-refractivity contribution in [2.75, 3.05) is 0 Å². The van der Waals surface area contributed by atoms with Gasteiger partial charge in [-0.15, -0.1) is 0 Å². The Morgan fingerprint density at radius 1 is 1.10 bits per heavy atom. The first kappa shape index (κ1) is 24.0. The number of allylic oxidation sites excluding steroid dienone is 1. The first-order valence-corrected chi connectivity index (χ1v) is 11.4. The molecule has 0 bridgehead atoms. The molecule has 0 fully saturated rings. The molecule has 0 amide bonds. The summed E-state index contributed by atoms with van der Waals surface area (Å²) in [6.45, 7) is 22.2. The monoisotopic (exact) mass is 400 g/mol. The van der Waals surface area contributed by atoms with Gasteiger partial charge in [0.25, 0.3) is 0 Å². The van der Waals surface area contributed by atoms with Gasteiger partial charge in [-0.05, 0) is 76.2 Å². The summed E-state index contributed by atoms with van der Waals surface area (Å²) >= 11 is 0. The summed E-state index contributed by atoms with van der Waals surface area (Å²) in [6, 6.07) is 4.22. The zero-order valence-corrected chi connectivity index (χ0v) is 20.5. The number of aliphatic hydroxyl groups is 1. The van der Waals surface area contributed by atoms with Crippen molar-refractivity contribution in [3.05, 3.63) is 40.5 Å². The van der Waals surface area contributed by atoms with Crippen LogP contribution in [0.5, 0.6) is 5.75 Å². The molecule has 4 unspecified atom stereocenters. The lowest BCUT2D eigenvalue weighted by Gasteiger charge is -2.48. The second kappa shape index (κ2) is 8.10. The number of phenolic OH excluding ortho intramolecular Hbond substituents is 1. The molecule has 1 aliphatic carbocycles. The summed E-state index contributed by atoms with van der Waals surface area (Å²) in [5, 5.41) is 21.5. The number of aryl methyl sites for hydroxylation is 1. The molecule has 0 saturated carbocycles. The van der Waals surface area contributed by atoms with Crippen LogP contribution in [0.2, 0.25) is 0 Å². The van der Waals surface area contributed by atoms with Crippen LogP contribution < -0.4 is 0 Å². The van der Waals surface area contributed by atoms with E-state index in [4.69, 9.17) is 0 Å². The molecule has 0 spiro atoms. The smallest absolute Gasteiger partial charge is 0.119 e. The third-order valence-electron chi connectivity index (χ3n) is 7.23. The number of aromatic hydroxyl groups is 1. The van der Waals surface area contributed by atoms with E-state index < -0.39 is 0 Å². The van der Waals surface area contributed by atoms with Crippen molar-refractivity contribution in [3.8, 4) is 5.75 Å². The Hall–Kier alpha value is -1.28. The second-order valence-corrected chi connectivity index (χ2v) is 11.7.